The summed E-state index contributed by atoms with van der Waals surface area (Å²) in [7, 11) is 0. The van der Waals surface area contributed by atoms with E-state index in [0.717, 1.165) is 37.2 Å². The Bertz CT molecular complexity index is 391. The monoisotopic (exact) mass is 206 g/mol. The first kappa shape index (κ1) is 9.16. The summed E-state index contributed by atoms with van der Waals surface area (Å²) in [5.41, 5.74) is 7.73. The molecule has 0 aliphatic carbocycles. The second kappa shape index (κ2) is 3.20. The molecule has 2 atom stereocenters. The van der Waals surface area contributed by atoms with Gasteiger partial charge < -0.3 is 10.6 Å². The van der Waals surface area contributed by atoms with E-state index < -0.39 is 0 Å². The smallest absolute Gasteiger partial charge is 0.128 e. The van der Waals surface area contributed by atoms with Gasteiger partial charge in [0, 0.05) is 23.8 Å². The van der Waals surface area contributed by atoms with E-state index in [9.17, 15) is 4.39 Å². The van der Waals surface area contributed by atoms with Crippen molar-refractivity contribution in [2.75, 3.05) is 18.0 Å². The van der Waals surface area contributed by atoms with Gasteiger partial charge in [0.25, 0.3) is 0 Å². The van der Waals surface area contributed by atoms with Gasteiger partial charge >= 0.3 is 0 Å². The Morgan fingerprint density at radius 2 is 2.33 bits per heavy atom. The summed E-state index contributed by atoms with van der Waals surface area (Å²) in [5.74, 6) is 0.481. The second-order valence-corrected chi connectivity index (χ2v) is 4.49. The Morgan fingerprint density at radius 1 is 1.47 bits per heavy atom. The highest BCUT2D eigenvalue weighted by molar-refractivity contribution is 5.61. The number of benzene rings is 1. The fourth-order valence-corrected chi connectivity index (χ4v) is 3.00. The van der Waals surface area contributed by atoms with Crippen LogP contribution in [0.15, 0.2) is 18.2 Å². The third kappa shape index (κ3) is 1.19. The Kier molecular flexibility index (Phi) is 1.96. The molecule has 2 aliphatic heterocycles. The summed E-state index contributed by atoms with van der Waals surface area (Å²) < 4.78 is 13.6. The molecular weight excluding hydrogens is 191 g/mol. The van der Waals surface area contributed by atoms with Crippen molar-refractivity contribution in [1.82, 2.24) is 0 Å². The van der Waals surface area contributed by atoms with E-state index >= 15 is 0 Å². The highest BCUT2D eigenvalue weighted by Crippen LogP contribution is 2.41. The van der Waals surface area contributed by atoms with Gasteiger partial charge in [0.2, 0.25) is 0 Å². The molecule has 0 amide bonds. The first-order chi connectivity index (χ1) is 7.31. The molecule has 2 unspecified atom stereocenters. The Balaban J connectivity index is 2.01. The number of hydrogen-bond donors (Lipinski definition) is 1. The molecule has 0 saturated carbocycles. The van der Waals surface area contributed by atoms with Crippen LogP contribution in [0.5, 0.6) is 0 Å². The molecule has 1 fully saturated rings. The lowest BCUT2D eigenvalue weighted by Gasteiger charge is -2.21. The van der Waals surface area contributed by atoms with Crippen LogP contribution in [0.25, 0.3) is 0 Å². The molecule has 0 bridgehead atoms. The first-order valence-electron chi connectivity index (χ1n) is 5.55. The maximum atomic E-state index is 13.6. The van der Waals surface area contributed by atoms with E-state index in [1.165, 1.54) is 0 Å². The molecule has 1 aromatic rings. The lowest BCUT2D eigenvalue weighted by molar-refractivity contribution is 0.485. The number of fused-ring (bicyclic) bond motifs is 3. The van der Waals surface area contributed by atoms with Crippen LogP contribution in [0.4, 0.5) is 10.1 Å². The minimum absolute atomic E-state index is 0.0577. The zero-order valence-corrected chi connectivity index (χ0v) is 8.62. The average Bonchev–Trinajstić information content (AvgIpc) is 2.77. The lowest BCUT2D eigenvalue weighted by Crippen LogP contribution is -2.32. The summed E-state index contributed by atoms with van der Waals surface area (Å²) in [6, 6.07) is 5.82. The Hall–Kier alpha value is -1.09. The van der Waals surface area contributed by atoms with Gasteiger partial charge in [-0.15, -0.1) is 0 Å². The van der Waals surface area contributed by atoms with E-state index in [1.807, 2.05) is 6.07 Å². The molecule has 0 radical (unpaired) electrons. The Morgan fingerprint density at radius 3 is 3.13 bits per heavy atom. The fourth-order valence-electron chi connectivity index (χ4n) is 3.00. The van der Waals surface area contributed by atoms with E-state index in [-0.39, 0.29) is 5.82 Å². The van der Waals surface area contributed by atoms with Crippen molar-refractivity contribution in [2.24, 2.45) is 11.7 Å². The highest BCUT2D eigenvalue weighted by atomic mass is 19.1. The van der Waals surface area contributed by atoms with Gasteiger partial charge in [0.05, 0.1) is 0 Å². The quantitative estimate of drug-likeness (QED) is 0.755. The molecule has 3 rings (SSSR count). The van der Waals surface area contributed by atoms with Gasteiger partial charge in [-0.05, 0) is 37.4 Å². The summed E-state index contributed by atoms with van der Waals surface area (Å²) in [5, 5.41) is 0. The zero-order valence-electron chi connectivity index (χ0n) is 8.62. The van der Waals surface area contributed by atoms with Crippen molar-refractivity contribution < 1.29 is 4.39 Å². The topological polar surface area (TPSA) is 29.3 Å². The normalized spacial score (nSPS) is 28.0. The van der Waals surface area contributed by atoms with E-state index in [2.05, 4.69) is 4.90 Å². The molecule has 2 aliphatic rings. The predicted molar refractivity (Wildman–Crippen MR) is 58.4 cm³/mol. The fraction of sp³-hybridized carbons (Fsp3) is 0.500. The largest absolute Gasteiger partial charge is 0.368 e. The third-order valence-electron chi connectivity index (χ3n) is 3.80. The highest BCUT2D eigenvalue weighted by Gasteiger charge is 2.40. The Labute approximate surface area is 88.9 Å². The van der Waals surface area contributed by atoms with E-state index in [1.54, 1.807) is 12.1 Å². The molecule has 3 heteroatoms. The average molecular weight is 206 g/mol. The summed E-state index contributed by atoms with van der Waals surface area (Å²) >= 11 is 0. The number of nitrogens with zero attached hydrogens (tertiary/aromatic N) is 1. The third-order valence-corrected chi connectivity index (χ3v) is 3.80. The van der Waals surface area contributed by atoms with Crippen LogP contribution in [0.1, 0.15) is 12.0 Å². The van der Waals surface area contributed by atoms with Gasteiger partial charge in [0.15, 0.2) is 0 Å². The van der Waals surface area contributed by atoms with Crippen LogP contribution in [0.3, 0.4) is 0 Å². The second-order valence-electron chi connectivity index (χ2n) is 4.49. The number of anilines is 1. The number of halogens is 1. The molecule has 1 aromatic carbocycles. The molecule has 1 saturated heterocycles. The van der Waals surface area contributed by atoms with Crippen LogP contribution < -0.4 is 10.6 Å². The predicted octanol–water partition coefficient (Wildman–Crippen LogP) is 1.54. The number of rotatable bonds is 1. The van der Waals surface area contributed by atoms with Gasteiger partial charge in [-0.2, -0.15) is 0 Å². The maximum absolute atomic E-state index is 13.6. The standard InChI is InChI=1S/C12H15FN2/c13-10-2-1-3-11-9(10)6-12-8(7-14)4-5-15(11)12/h1-3,8,12H,4-7,14H2. The first-order valence-corrected chi connectivity index (χ1v) is 5.55. The summed E-state index contributed by atoms with van der Waals surface area (Å²) in [6.07, 6.45) is 1.99. The number of nitrogens with two attached hydrogens (primary N) is 1. The van der Waals surface area contributed by atoms with Crippen molar-refractivity contribution in [1.29, 1.82) is 0 Å². The van der Waals surface area contributed by atoms with Crippen LogP contribution >= 0.6 is 0 Å². The van der Waals surface area contributed by atoms with E-state index in [4.69, 9.17) is 5.73 Å². The van der Waals surface area contributed by atoms with Crippen molar-refractivity contribution in [2.45, 2.75) is 18.9 Å². The van der Waals surface area contributed by atoms with Crippen LogP contribution in [-0.4, -0.2) is 19.1 Å². The molecule has 2 heterocycles. The molecular formula is C12H15FN2. The van der Waals surface area contributed by atoms with Crippen LogP contribution in [0.2, 0.25) is 0 Å². The lowest BCUT2D eigenvalue weighted by atomic mass is 9.97. The van der Waals surface area contributed by atoms with Gasteiger partial charge in [-0.3, -0.25) is 0 Å². The van der Waals surface area contributed by atoms with Gasteiger partial charge in [-0.25, -0.2) is 4.39 Å². The van der Waals surface area contributed by atoms with Gasteiger partial charge in [-0.1, -0.05) is 6.07 Å². The maximum Gasteiger partial charge on any atom is 0.128 e. The summed E-state index contributed by atoms with van der Waals surface area (Å²) in [4.78, 5) is 2.33. The minimum Gasteiger partial charge on any atom is -0.368 e. The molecule has 15 heavy (non-hydrogen) atoms. The molecule has 0 aromatic heterocycles. The minimum atomic E-state index is -0.0577. The molecule has 80 valence electrons. The zero-order chi connectivity index (χ0) is 10.4. The van der Waals surface area contributed by atoms with Crippen molar-refractivity contribution in [3.8, 4) is 0 Å². The van der Waals surface area contributed by atoms with Crippen molar-refractivity contribution >= 4 is 5.69 Å². The molecule has 0 spiro atoms. The molecule has 2 nitrogen and oxygen atoms in total. The molecule has 2 N–H and O–H groups in total. The van der Waals surface area contributed by atoms with Crippen LogP contribution in [0, 0.1) is 11.7 Å². The van der Waals surface area contributed by atoms with Crippen molar-refractivity contribution in [3.63, 3.8) is 0 Å². The van der Waals surface area contributed by atoms with E-state index in [0.29, 0.717) is 12.0 Å². The summed E-state index contributed by atoms with van der Waals surface area (Å²) in [6.45, 7) is 1.75. The SMILES string of the molecule is NCC1CCN2c3cccc(F)c3CC12. The van der Waals surface area contributed by atoms with Gasteiger partial charge in [0.1, 0.15) is 5.82 Å². The number of hydrogen-bond acceptors (Lipinski definition) is 2. The van der Waals surface area contributed by atoms with Crippen LogP contribution in [-0.2, 0) is 6.42 Å². The van der Waals surface area contributed by atoms with Crippen molar-refractivity contribution in [3.05, 3.63) is 29.6 Å².